The summed E-state index contributed by atoms with van der Waals surface area (Å²) in [6.45, 7) is 2.79. The van der Waals surface area contributed by atoms with E-state index in [1.54, 1.807) is 19.2 Å². The molecule has 5 nitrogen and oxygen atoms in total. The Labute approximate surface area is 135 Å². The van der Waals surface area contributed by atoms with E-state index in [2.05, 4.69) is 10.0 Å². The molecule has 0 saturated heterocycles. The molecule has 2 aromatic rings. The van der Waals surface area contributed by atoms with Crippen molar-refractivity contribution in [3.63, 3.8) is 0 Å². The zero-order chi connectivity index (χ0) is 16.9. The summed E-state index contributed by atoms with van der Waals surface area (Å²) in [7, 11) is -2.23. The van der Waals surface area contributed by atoms with E-state index in [-0.39, 0.29) is 10.6 Å². The highest BCUT2D eigenvalue weighted by Crippen LogP contribution is 2.25. The molecule has 0 saturated carbocycles. The number of nitrogens with one attached hydrogen (secondary N) is 2. The summed E-state index contributed by atoms with van der Waals surface area (Å²) in [6.07, 6.45) is 0. The molecule has 7 heteroatoms. The van der Waals surface area contributed by atoms with Crippen molar-refractivity contribution in [1.82, 2.24) is 0 Å². The number of halogens is 1. The van der Waals surface area contributed by atoms with E-state index in [0.717, 1.165) is 11.6 Å². The topological polar surface area (TPSA) is 67.4 Å². The average Bonchev–Trinajstić information content (AvgIpc) is 2.50. The quantitative estimate of drug-likeness (QED) is 0.762. The summed E-state index contributed by atoms with van der Waals surface area (Å²) >= 11 is 0. The Morgan fingerprint density at radius 2 is 1.78 bits per heavy atom. The summed E-state index contributed by atoms with van der Waals surface area (Å²) in [5.41, 5.74) is 1.59. The van der Waals surface area contributed by atoms with Crippen LogP contribution in [-0.2, 0) is 14.8 Å². The number of ether oxygens (including phenoxy) is 1. The van der Waals surface area contributed by atoms with Crippen LogP contribution in [0.5, 0.6) is 0 Å². The predicted octanol–water partition coefficient (Wildman–Crippen LogP) is 2.99. The lowest BCUT2D eigenvalue weighted by Gasteiger charge is -2.14. The molecule has 0 heterocycles. The van der Waals surface area contributed by atoms with Gasteiger partial charge in [-0.15, -0.1) is 0 Å². The first-order valence-electron chi connectivity index (χ1n) is 7.04. The minimum Gasteiger partial charge on any atom is -0.383 e. The third-order valence-corrected chi connectivity index (χ3v) is 4.56. The molecule has 2 aromatic carbocycles. The van der Waals surface area contributed by atoms with Crippen LogP contribution in [0.4, 0.5) is 15.8 Å². The van der Waals surface area contributed by atoms with Gasteiger partial charge in [-0.3, -0.25) is 4.72 Å². The molecular formula is C16H19FN2O3S. The highest BCUT2D eigenvalue weighted by molar-refractivity contribution is 7.92. The van der Waals surface area contributed by atoms with Crippen molar-refractivity contribution in [3.05, 3.63) is 53.8 Å². The van der Waals surface area contributed by atoms with Crippen LogP contribution in [0.15, 0.2) is 47.4 Å². The summed E-state index contributed by atoms with van der Waals surface area (Å²) < 4.78 is 45.7. The van der Waals surface area contributed by atoms with E-state index in [9.17, 15) is 12.8 Å². The SMILES string of the molecule is COCCNc1ccc(F)cc1NS(=O)(=O)c1ccc(C)cc1. The van der Waals surface area contributed by atoms with Crippen LogP contribution in [-0.4, -0.2) is 28.7 Å². The molecule has 124 valence electrons. The number of hydrogen-bond acceptors (Lipinski definition) is 4. The number of hydrogen-bond donors (Lipinski definition) is 2. The Kier molecular flexibility index (Phi) is 5.57. The smallest absolute Gasteiger partial charge is 0.261 e. The summed E-state index contributed by atoms with van der Waals surface area (Å²) in [5.74, 6) is -0.524. The Hall–Kier alpha value is -2.12. The first-order chi connectivity index (χ1) is 10.9. The van der Waals surface area contributed by atoms with Crippen molar-refractivity contribution in [2.45, 2.75) is 11.8 Å². The molecule has 0 bridgehead atoms. The van der Waals surface area contributed by atoms with Crippen LogP contribution < -0.4 is 10.0 Å². The highest BCUT2D eigenvalue weighted by Gasteiger charge is 2.16. The molecule has 2 N–H and O–H groups in total. The molecule has 0 unspecified atom stereocenters. The lowest BCUT2D eigenvalue weighted by atomic mass is 10.2. The van der Waals surface area contributed by atoms with Crippen LogP contribution in [0, 0.1) is 12.7 Å². The summed E-state index contributed by atoms with van der Waals surface area (Å²) in [5, 5.41) is 3.01. The van der Waals surface area contributed by atoms with E-state index in [0.29, 0.717) is 18.8 Å². The van der Waals surface area contributed by atoms with Gasteiger partial charge in [-0.05, 0) is 31.2 Å². The van der Waals surface area contributed by atoms with Crippen molar-refractivity contribution in [3.8, 4) is 0 Å². The van der Waals surface area contributed by atoms with Gasteiger partial charge < -0.3 is 10.1 Å². The van der Waals surface area contributed by atoms with E-state index >= 15 is 0 Å². The molecule has 2 rings (SSSR count). The van der Waals surface area contributed by atoms with Gasteiger partial charge in [0.25, 0.3) is 10.0 Å². The third-order valence-electron chi connectivity index (χ3n) is 3.18. The number of aryl methyl sites for hydroxylation is 1. The van der Waals surface area contributed by atoms with E-state index in [4.69, 9.17) is 4.74 Å². The van der Waals surface area contributed by atoms with Crippen LogP contribution in [0.3, 0.4) is 0 Å². The van der Waals surface area contributed by atoms with E-state index in [1.165, 1.54) is 24.3 Å². The van der Waals surface area contributed by atoms with Crippen molar-refractivity contribution < 1.29 is 17.5 Å². The van der Waals surface area contributed by atoms with Crippen molar-refractivity contribution >= 4 is 21.4 Å². The zero-order valence-electron chi connectivity index (χ0n) is 13.0. The monoisotopic (exact) mass is 338 g/mol. The number of benzene rings is 2. The molecule has 0 aliphatic heterocycles. The van der Waals surface area contributed by atoms with Crippen LogP contribution in [0.1, 0.15) is 5.56 Å². The fourth-order valence-corrected chi connectivity index (χ4v) is 3.03. The van der Waals surface area contributed by atoms with Crippen LogP contribution in [0.25, 0.3) is 0 Å². The lowest BCUT2D eigenvalue weighted by molar-refractivity contribution is 0.211. The van der Waals surface area contributed by atoms with Crippen molar-refractivity contribution in [2.24, 2.45) is 0 Å². The number of methoxy groups -OCH3 is 1. The fraction of sp³-hybridized carbons (Fsp3) is 0.250. The van der Waals surface area contributed by atoms with Gasteiger partial charge in [0.05, 0.1) is 22.9 Å². The largest absolute Gasteiger partial charge is 0.383 e. The maximum atomic E-state index is 13.5. The second kappa shape index (κ2) is 7.43. The predicted molar refractivity (Wildman–Crippen MR) is 88.8 cm³/mol. The molecule has 0 radical (unpaired) electrons. The molecule has 0 atom stereocenters. The highest BCUT2D eigenvalue weighted by atomic mass is 32.2. The lowest BCUT2D eigenvalue weighted by Crippen LogP contribution is -2.16. The average molecular weight is 338 g/mol. The maximum Gasteiger partial charge on any atom is 0.261 e. The number of sulfonamides is 1. The standard InChI is InChI=1S/C16H19FN2O3S/c1-12-3-6-14(7-4-12)23(20,21)19-16-11-13(17)5-8-15(16)18-9-10-22-2/h3-8,11,18-19H,9-10H2,1-2H3. The molecule has 0 fully saturated rings. The Morgan fingerprint density at radius 3 is 2.43 bits per heavy atom. The minimum absolute atomic E-state index is 0.121. The first-order valence-corrected chi connectivity index (χ1v) is 8.52. The second-order valence-electron chi connectivity index (χ2n) is 5.03. The van der Waals surface area contributed by atoms with Gasteiger partial charge in [-0.1, -0.05) is 17.7 Å². The van der Waals surface area contributed by atoms with E-state index < -0.39 is 15.8 Å². The third kappa shape index (κ3) is 4.67. The van der Waals surface area contributed by atoms with Crippen molar-refractivity contribution in [2.75, 3.05) is 30.3 Å². The molecular weight excluding hydrogens is 319 g/mol. The molecule has 0 aromatic heterocycles. The van der Waals surface area contributed by atoms with Gasteiger partial charge in [-0.25, -0.2) is 12.8 Å². The minimum atomic E-state index is -3.79. The molecule has 0 aliphatic rings. The Bertz CT molecular complexity index is 761. The van der Waals surface area contributed by atoms with Crippen LogP contribution in [0.2, 0.25) is 0 Å². The Morgan fingerprint density at radius 1 is 1.09 bits per heavy atom. The molecule has 0 spiro atoms. The van der Waals surface area contributed by atoms with E-state index in [1.807, 2.05) is 6.92 Å². The summed E-state index contributed by atoms with van der Waals surface area (Å²) in [4.78, 5) is 0.121. The van der Waals surface area contributed by atoms with Gasteiger partial charge in [-0.2, -0.15) is 0 Å². The van der Waals surface area contributed by atoms with Gasteiger partial charge >= 0.3 is 0 Å². The van der Waals surface area contributed by atoms with Gasteiger partial charge in [0.1, 0.15) is 5.82 Å². The first kappa shape index (κ1) is 17.2. The molecule has 0 aliphatic carbocycles. The summed E-state index contributed by atoms with van der Waals surface area (Å²) in [6, 6.07) is 10.3. The molecule has 0 amide bonds. The fourth-order valence-electron chi connectivity index (χ4n) is 1.96. The normalized spacial score (nSPS) is 11.3. The maximum absolute atomic E-state index is 13.5. The number of rotatable bonds is 7. The Balaban J connectivity index is 2.27. The van der Waals surface area contributed by atoms with Gasteiger partial charge in [0, 0.05) is 19.7 Å². The van der Waals surface area contributed by atoms with Crippen molar-refractivity contribution in [1.29, 1.82) is 0 Å². The zero-order valence-corrected chi connectivity index (χ0v) is 13.8. The van der Waals surface area contributed by atoms with Crippen LogP contribution >= 0.6 is 0 Å². The van der Waals surface area contributed by atoms with Gasteiger partial charge in [0.15, 0.2) is 0 Å². The second-order valence-corrected chi connectivity index (χ2v) is 6.71. The number of anilines is 2. The molecule has 23 heavy (non-hydrogen) atoms. The van der Waals surface area contributed by atoms with Gasteiger partial charge in [0.2, 0.25) is 0 Å².